The molecular weight excluding hydrogens is 280 g/mol. The van der Waals surface area contributed by atoms with Crippen LogP contribution in [0.3, 0.4) is 0 Å². The van der Waals surface area contributed by atoms with Gasteiger partial charge in [-0.1, -0.05) is 24.4 Å². The highest BCUT2D eigenvalue weighted by molar-refractivity contribution is 7.80. The minimum atomic E-state index is -0.631. The quantitative estimate of drug-likeness (QED) is 0.877. The SMILES string of the molecule is Cc1ccc(C(N)=S)cc1OCc1ccc(F)cc1F. The van der Waals surface area contributed by atoms with Crippen LogP contribution in [0.4, 0.5) is 8.78 Å². The van der Waals surface area contributed by atoms with Gasteiger partial charge >= 0.3 is 0 Å². The summed E-state index contributed by atoms with van der Waals surface area (Å²) in [5.41, 5.74) is 7.40. The van der Waals surface area contributed by atoms with Gasteiger partial charge in [-0.25, -0.2) is 8.78 Å². The fraction of sp³-hybridized carbons (Fsp3) is 0.133. The first-order chi connectivity index (χ1) is 9.47. The van der Waals surface area contributed by atoms with Crippen molar-refractivity contribution in [2.45, 2.75) is 13.5 Å². The van der Waals surface area contributed by atoms with Crippen LogP contribution in [0.5, 0.6) is 5.75 Å². The molecule has 0 radical (unpaired) electrons. The maximum Gasteiger partial charge on any atom is 0.132 e. The normalized spacial score (nSPS) is 10.3. The number of hydrogen-bond donors (Lipinski definition) is 1. The zero-order valence-corrected chi connectivity index (χ0v) is 11.6. The van der Waals surface area contributed by atoms with Crippen LogP contribution in [0.15, 0.2) is 36.4 Å². The molecule has 0 heterocycles. The van der Waals surface area contributed by atoms with Gasteiger partial charge in [-0.3, -0.25) is 0 Å². The first kappa shape index (κ1) is 14.4. The van der Waals surface area contributed by atoms with Gasteiger partial charge < -0.3 is 10.5 Å². The Labute approximate surface area is 121 Å². The summed E-state index contributed by atoms with van der Waals surface area (Å²) < 4.78 is 31.9. The molecule has 2 rings (SSSR count). The van der Waals surface area contributed by atoms with Gasteiger partial charge in [0, 0.05) is 17.2 Å². The van der Waals surface area contributed by atoms with Crippen molar-refractivity contribution in [1.29, 1.82) is 0 Å². The Morgan fingerprint density at radius 3 is 2.60 bits per heavy atom. The third-order valence-corrected chi connectivity index (χ3v) is 3.11. The lowest BCUT2D eigenvalue weighted by molar-refractivity contribution is 0.297. The van der Waals surface area contributed by atoms with E-state index in [0.717, 1.165) is 11.6 Å². The molecule has 0 saturated heterocycles. The van der Waals surface area contributed by atoms with Crippen LogP contribution in [-0.4, -0.2) is 4.99 Å². The monoisotopic (exact) mass is 293 g/mol. The van der Waals surface area contributed by atoms with Crippen molar-refractivity contribution in [1.82, 2.24) is 0 Å². The first-order valence-corrected chi connectivity index (χ1v) is 6.35. The van der Waals surface area contributed by atoms with Crippen LogP contribution in [0.2, 0.25) is 0 Å². The molecule has 0 bridgehead atoms. The van der Waals surface area contributed by atoms with Crippen molar-refractivity contribution in [2.75, 3.05) is 0 Å². The van der Waals surface area contributed by atoms with E-state index in [1.165, 1.54) is 12.1 Å². The number of rotatable bonds is 4. The first-order valence-electron chi connectivity index (χ1n) is 5.94. The van der Waals surface area contributed by atoms with Crippen molar-refractivity contribution in [2.24, 2.45) is 5.73 Å². The fourth-order valence-corrected chi connectivity index (χ4v) is 1.83. The van der Waals surface area contributed by atoms with Crippen LogP contribution in [0.1, 0.15) is 16.7 Å². The summed E-state index contributed by atoms with van der Waals surface area (Å²) in [6.45, 7) is 1.87. The number of benzene rings is 2. The van der Waals surface area contributed by atoms with E-state index in [-0.39, 0.29) is 17.2 Å². The number of aryl methyl sites for hydroxylation is 1. The minimum Gasteiger partial charge on any atom is -0.489 e. The molecule has 2 N–H and O–H groups in total. The third-order valence-electron chi connectivity index (χ3n) is 2.87. The summed E-state index contributed by atoms with van der Waals surface area (Å²) in [6.07, 6.45) is 0. The predicted octanol–water partition coefficient (Wildman–Crippen LogP) is 3.49. The van der Waals surface area contributed by atoms with Crippen LogP contribution in [-0.2, 0) is 6.61 Å². The molecule has 2 nitrogen and oxygen atoms in total. The third kappa shape index (κ3) is 3.30. The molecule has 5 heteroatoms. The average Bonchev–Trinajstić information content (AvgIpc) is 2.39. The smallest absolute Gasteiger partial charge is 0.132 e. The molecule has 0 spiro atoms. The number of ether oxygens (including phenoxy) is 1. The molecule has 104 valence electrons. The van der Waals surface area contributed by atoms with E-state index in [4.69, 9.17) is 22.7 Å². The van der Waals surface area contributed by atoms with E-state index in [9.17, 15) is 8.78 Å². The van der Waals surface area contributed by atoms with Crippen LogP contribution < -0.4 is 10.5 Å². The average molecular weight is 293 g/mol. The van der Waals surface area contributed by atoms with Gasteiger partial charge in [0.15, 0.2) is 0 Å². The highest BCUT2D eigenvalue weighted by Crippen LogP contribution is 2.21. The van der Waals surface area contributed by atoms with Crippen molar-refractivity contribution >= 4 is 17.2 Å². The Balaban J connectivity index is 2.18. The van der Waals surface area contributed by atoms with Gasteiger partial charge in [0.1, 0.15) is 29.0 Å². The van der Waals surface area contributed by atoms with Gasteiger partial charge in [-0.2, -0.15) is 0 Å². The Kier molecular flexibility index (Phi) is 4.29. The molecule has 0 aromatic heterocycles. The van der Waals surface area contributed by atoms with Crippen LogP contribution >= 0.6 is 12.2 Å². The van der Waals surface area contributed by atoms with Crippen molar-refractivity contribution in [3.8, 4) is 5.75 Å². The number of halogens is 2. The molecule has 0 aliphatic rings. The summed E-state index contributed by atoms with van der Waals surface area (Å²) in [6, 6.07) is 8.71. The second-order valence-corrected chi connectivity index (χ2v) is 4.81. The fourth-order valence-electron chi connectivity index (χ4n) is 1.70. The van der Waals surface area contributed by atoms with Gasteiger partial charge in [0.05, 0.1) is 0 Å². The molecule has 0 amide bonds. The maximum absolute atomic E-state index is 13.5. The molecule has 0 saturated carbocycles. The minimum absolute atomic E-state index is 0.00768. The standard InChI is InChI=1S/C15H13F2NOS/c1-9-2-3-10(15(18)20)6-14(9)19-8-11-4-5-12(16)7-13(11)17/h2-7H,8H2,1H3,(H2,18,20). The molecular formula is C15H13F2NOS. The van der Waals surface area contributed by atoms with E-state index in [0.29, 0.717) is 11.3 Å². The second-order valence-electron chi connectivity index (χ2n) is 4.37. The Hall–Kier alpha value is -2.01. The molecule has 2 aromatic carbocycles. The van der Waals surface area contributed by atoms with Crippen molar-refractivity contribution < 1.29 is 13.5 Å². The summed E-state index contributed by atoms with van der Waals surface area (Å²) in [5.74, 6) is -0.676. The maximum atomic E-state index is 13.5. The zero-order valence-electron chi connectivity index (χ0n) is 10.8. The summed E-state index contributed by atoms with van der Waals surface area (Å²) in [5, 5.41) is 0. The van der Waals surface area contributed by atoms with Gasteiger partial charge in [-0.05, 0) is 30.7 Å². The lowest BCUT2D eigenvalue weighted by Gasteiger charge is -2.11. The highest BCUT2D eigenvalue weighted by Gasteiger charge is 2.07. The lowest BCUT2D eigenvalue weighted by atomic mass is 10.1. The van der Waals surface area contributed by atoms with E-state index < -0.39 is 11.6 Å². The highest BCUT2D eigenvalue weighted by atomic mass is 32.1. The van der Waals surface area contributed by atoms with E-state index in [1.807, 2.05) is 13.0 Å². The van der Waals surface area contributed by atoms with Crippen molar-refractivity contribution in [3.63, 3.8) is 0 Å². The lowest BCUT2D eigenvalue weighted by Crippen LogP contribution is -2.10. The van der Waals surface area contributed by atoms with E-state index >= 15 is 0 Å². The van der Waals surface area contributed by atoms with Crippen LogP contribution in [0, 0.1) is 18.6 Å². The number of hydrogen-bond acceptors (Lipinski definition) is 2. The molecule has 0 atom stereocenters. The number of thiocarbonyl (C=S) groups is 1. The Morgan fingerprint density at radius 2 is 1.95 bits per heavy atom. The molecule has 20 heavy (non-hydrogen) atoms. The summed E-state index contributed by atoms with van der Waals surface area (Å²) in [7, 11) is 0. The summed E-state index contributed by atoms with van der Waals surface area (Å²) >= 11 is 4.90. The van der Waals surface area contributed by atoms with E-state index in [1.54, 1.807) is 12.1 Å². The van der Waals surface area contributed by atoms with Crippen LogP contribution in [0.25, 0.3) is 0 Å². The molecule has 0 aliphatic heterocycles. The zero-order chi connectivity index (χ0) is 14.7. The molecule has 2 aromatic rings. The predicted molar refractivity (Wildman–Crippen MR) is 77.8 cm³/mol. The van der Waals surface area contributed by atoms with Gasteiger partial charge in [0.25, 0.3) is 0 Å². The van der Waals surface area contributed by atoms with E-state index in [2.05, 4.69) is 0 Å². The van der Waals surface area contributed by atoms with Gasteiger partial charge in [-0.15, -0.1) is 0 Å². The molecule has 0 fully saturated rings. The van der Waals surface area contributed by atoms with Gasteiger partial charge in [0.2, 0.25) is 0 Å². The Bertz CT molecular complexity index is 658. The second kappa shape index (κ2) is 5.96. The molecule has 0 aliphatic carbocycles. The summed E-state index contributed by atoms with van der Waals surface area (Å²) in [4.78, 5) is 0.266. The Morgan fingerprint density at radius 1 is 1.20 bits per heavy atom. The molecule has 0 unspecified atom stereocenters. The van der Waals surface area contributed by atoms with Crippen molar-refractivity contribution in [3.05, 3.63) is 64.7 Å². The largest absolute Gasteiger partial charge is 0.489 e. The topological polar surface area (TPSA) is 35.2 Å². The number of nitrogens with two attached hydrogens (primary N) is 1.